The van der Waals surface area contributed by atoms with E-state index in [0.717, 1.165) is 18.2 Å². The van der Waals surface area contributed by atoms with E-state index in [2.05, 4.69) is 5.32 Å². The fourth-order valence-electron chi connectivity index (χ4n) is 2.08. The molecule has 1 heterocycles. The van der Waals surface area contributed by atoms with Crippen LogP contribution in [-0.2, 0) is 6.18 Å². The zero-order valence-electron chi connectivity index (χ0n) is 9.89. The van der Waals surface area contributed by atoms with Gasteiger partial charge < -0.3 is 10.2 Å². The standard InChI is InChI=1S/C12H14F4N2/c1-8-7-18(5-4-17-8)11-6-9(12(14,15)16)2-3-10(11)13/h2-3,6,8,17H,4-5,7H2,1H3. The van der Waals surface area contributed by atoms with Gasteiger partial charge in [0.05, 0.1) is 11.3 Å². The summed E-state index contributed by atoms with van der Waals surface area (Å²) in [7, 11) is 0. The monoisotopic (exact) mass is 262 g/mol. The van der Waals surface area contributed by atoms with E-state index in [-0.39, 0.29) is 11.7 Å². The lowest BCUT2D eigenvalue weighted by Crippen LogP contribution is -2.49. The molecule has 1 fully saturated rings. The van der Waals surface area contributed by atoms with Crippen LogP contribution in [0.15, 0.2) is 18.2 Å². The lowest BCUT2D eigenvalue weighted by atomic mass is 10.1. The quantitative estimate of drug-likeness (QED) is 0.783. The van der Waals surface area contributed by atoms with Crippen LogP contribution < -0.4 is 10.2 Å². The van der Waals surface area contributed by atoms with Gasteiger partial charge in [0.15, 0.2) is 0 Å². The molecule has 1 aliphatic rings. The van der Waals surface area contributed by atoms with Crippen LogP contribution in [-0.4, -0.2) is 25.7 Å². The maximum Gasteiger partial charge on any atom is 0.416 e. The van der Waals surface area contributed by atoms with Gasteiger partial charge in [-0.05, 0) is 25.1 Å². The number of alkyl halides is 3. The van der Waals surface area contributed by atoms with E-state index in [1.54, 1.807) is 4.90 Å². The van der Waals surface area contributed by atoms with Gasteiger partial charge in [-0.15, -0.1) is 0 Å². The van der Waals surface area contributed by atoms with Crippen molar-refractivity contribution in [3.63, 3.8) is 0 Å². The van der Waals surface area contributed by atoms with Crippen molar-refractivity contribution in [2.24, 2.45) is 0 Å². The number of anilines is 1. The van der Waals surface area contributed by atoms with Crippen molar-refractivity contribution in [2.75, 3.05) is 24.5 Å². The molecule has 6 heteroatoms. The predicted molar refractivity (Wildman–Crippen MR) is 61.1 cm³/mol. The molecular weight excluding hydrogens is 248 g/mol. The Bertz CT molecular complexity index is 431. The molecule has 0 spiro atoms. The molecule has 1 aliphatic heterocycles. The lowest BCUT2D eigenvalue weighted by Gasteiger charge is -2.34. The zero-order chi connectivity index (χ0) is 13.3. The summed E-state index contributed by atoms with van der Waals surface area (Å²) in [5.41, 5.74) is -0.789. The smallest absolute Gasteiger partial charge is 0.366 e. The molecule has 1 saturated heterocycles. The van der Waals surface area contributed by atoms with Gasteiger partial charge in [0.25, 0.3) is 0 Å². The Morgan fingerprint density at radius 1 is 1.33 bits per heavy atom. The minimum absolute atomic E-state index is 0.0261. The first-order valence-corrected chi connectivity index (χ1v) is 5.73. The third-order valence-electron chi connectivity index (χ3n) is 2.98. The van der Waals surface area contributed by atoms with E-state index in [1.165, 1.54) is 0 Å². The van der Waals surface area contributed by atoms with Crippen molar-refractivity contribution in [3.8, 4) is 0 Å². The molecule has 0 saturated carbocycles. The van der Waals surface area contributed by atoms with Crippen LogP contribution in [0.3, 0.4) is 0 Å². The van der Waals surface area contributed by atoms with Crippen molar-refractivity contribution in [1.82, 2.24) is 5.32 Å². The summed E-state index contributed by atoms with van der Waals surface area (Å²) >= 11 is 0. The van der Waals surface area contributed by atoms with Crippen LogP contribution in [0, 0.1) is 5.82 Å². The Morgan fingerprint density at radius 3 is 2.67 bits per heavy atom. The number of nitrogens with zero attached hydrogens (tertiary/aromatic N) is 1. The Labute approximate surface area is 103 Å². The van der Waals surface area contributed by atoms with Gasteiger partial charge in [0.2, 0.25) is 0 Å². The Kier molecular flexibility index (Phi) is 3.47. The van der Waals surface area contributed by atoms with Crippen LogP contribution >= 0.6 is 0 Å². The maximum absolute atomic E-state index is 13.6. The van der Waals surface area contributed by atoms with Crippen LogP contribution in [0.5, 0.6) is 0 Å². The fourth-order valence-corrected chi connectivity index (χ4v) is 2.08. The summed E-state index contributed by atoms with van der Waals surface area (Å²) in [5, 5.41) is 3.16. The summed E-state index contributed by atoms with van der Waals surface area (Å²) in [4.78, 5) is 1.64. The fraction of sp³-hybridized carbons (Fsp3) is 0.500. The van der Waals surface area contributed by atoms with Crippen molar-refractivity contribution >= 4 is 5.69 Å². The van der Waals surface area contributed by atoms with Gasteiger partial charge in [-0.25, -0.2) is 4.39 Å². The SMILES string of the molecule is CC1CN(c2cc(C(F)(F)F)ccc2F)CCN1. The van der Waals surface area contributed by atoms with Gasteiger partial charge in [0.1, 0.15) is 5.82 Å². The second kappa shape index (κ2) is 4.76. The van der Waals surface area contributed by atoms with Crippen LogP contribution in [0.4, 0.5) is 23.2 Å². The summed E-state index contributed by atoms with van der Waals surface area (Å²) in [6.07, 6.45) is -4.44. The predicted octanol–water partition coefficient (Wildman–Crippen LogP) is 2.64. The Hall–Kier alpha value is -1.30. The second-order valence-corrected chi connectivity index (χ2v) is 4.47. The molecule has 2 nitrogen and oxygen atoms in total. The molecule has 0 bridgehead atoms. The van der Waals surface area contributed by atoms with E-state index < -0.39 is 17.6 Å². The molecule has 100 valence electrons. The van der Waals surface area contributed by atoms with Gasteiger partial charge in [0, 0.05) is 25.7 Å². The molecule has 1 aromatic rings. The third kappa shape index (κ3) is 2.75. The molecule has 0 radical (unpaired) electrons. The van der Waals surface area contributed by atoms with Gasteiger partial charge in [-0.3, -0.25) is 0 Å². The number of benzene rings is 1. The number of rotatable bonds is 1. The van der Waals surface area contributed by atoms with E-state index in [9.17, 15) is 17.6 Å². The highest BCUT2D eigenvalue weighted by Gasteiger charge is 2.32. The summed E-state index contributed by atoms with van der Waals surface area (Å²) < 4.78 is 51.4. The molecule has 18 heavy (non-hydrogen) atoms. The van der Waals surface area contributed by atoms with Gasteiger partial charge >= 0.3 is 6.18 Å². The van der Waals surface area contributed by atoms with Crippen LogP contribution in [0.1, 0.15) is 12.5 Å². The van der Waals surface area contributed by atoms with Crippen molar-refractivity contribution in [3.05, 3.63) is 29.6 Å². The average molecular weight is 262 g/mol. The highest BCUT2D eigenvalue weighted by molar-refractivity contribution is 5.51. The number of halogens is 4. The Morgan fingerprint density at radius 2 is 2.06 bits per heavy atom. The zero-order valence-corrected chi connectivity index (χ0v) is 9.89. The van der Waals surface area contributed by atoms with E-state index >= 15 is 0 Å². The molecule has 2 rings (SSSR count). The summed E-state index contributed by atoms with van der Waals surface area (Å²) in [6, 6.07) is 2.66. The Balaban J connectivity index is 2.31. The molecular formula is C12H14F4N2. The largest absolute Gasteiger partial charge is 0.416 e. The molecule has 1 atom stereocenters. The lowest BCUT2D eigenvalue weighted by molar-refractivity contribution is -0.137. The molecule has 1 N–H and O–H groups in total. The number of hydrogen-bond acceptors (Lipinski definition) is 2. The first-order valence-electron chi connectivity index (χ1n) is 5.73. The third-order valence-corrected chi connectivity index (χ3v) is 2.98. The summed E-state index contributed by atoms with van der Waals surface area (Å²) in [6.45, 7) is 3.55. The topological polar surface area (TPSA) is 15.3 Å². The van der Waals surface area contributed by atoms with Crippen LogP contribution in [0.2, 0.25) is 0 Å². The molecule has 0 aromatic heterocycles. The minimum atomic E-state index is -4.44. The first kappa shape index (κ1) is 13.1. The average Bonchev–Trinajstić information content (AvgIpc) is 2.28. The number of piperazine rings is 1. The van der Waals surface area contributed by atoms with E-state index in [0.29, 0.717) is 19.6 Å². The normalized spacial score (nSPS) is 21.2. The van der Waals surface area contributed by atoms with Crippen LogP contribution in [0.25, 0.3) is 0 Å². The molecule has 0 amide bonds. The number of hydrogen-bond donors (Lipinski definition) is 1. The van der Waals surface area contributed by atoms with E-state index in [1.807, 2.05) is 6.92 Å². The first-order chi connectivity index (χ1) is 8.38. The second-order valence-electron chi connectivity index (χ2n) is 4.47. The molecule has 0 aliphatic carbocycles. The van der Waals surface area contributed by atoms with Gasteiger partial charge in [-0.1, -0.05) is 0 Å². The van der Waals surface area contributed by atoms with E-state index in [4.69, 9.17) is 0 Å². The number of nitrogens with one attached hydrogen (secondary N) is 1. The molecule has 1 aromatic carbocycles. The minimum Gasteiger partial charge on any atom is -0.366 e. The molecule has 1 unspecified atom stereocenters. The summed E-state index contributed by atoms with van der Waals surface area (Å²) in [5.74, 6) is -0.614. The van der Waals surface area contributed by atoms with Crippen molar-refractivity contribution < 1.29 is 17.6 Å². The maximum atomic E-state index is 13.6. The highest BCUT2D eigenvalue weighted by atomic mass is 19.4. The highest BCUT2D eigenvalue weighted by Crippen LogP contribution is 2.33. The van der Waals surface area contributed by atoms with Crippen molar-refractivity contribution in [2.45, 2.75) is 19.1 Å². The van der Waals surface area contributed by atoms with Gasteiger partial charge in [-0.2, -0.15) is 13.2 Å². The van der Waals surface area contributed by atoms with Crippen molar-refractivity contribution in [1.29, 1.82) is 0 Å².